The molecule has 20 heavy (non-hydrogen) atoms. The van der Waals surface area contributed by atoms with Crippen molar-refractivity contribution in [1.82, 2.24) is 0 Å². The van der Waals surface area contributed by atoms with Crippen molar-refractivity contribution in [2.45, 2.75) is 0 Å². The Morgan fingerprint density at radius 2 is 1.60 bits per heavy atom. The number of phenolic OH excluding ortho intramolecular Hbond substituents is 1. The number of hydrogen-bond acceptors (Lipinski definition) is 6. The summed E-state index contributed by atoms with van der Waals surface area (Å²) in [7, 11) is 0. The van der Waals surface area contributed by atoms with E-state index < -0.39 is 9.85 Å². The first kappa shape index (κ1) is 13.3. The Balaban J connectivity index is 2.31. The number of nitro benzene ring substituents is 2. The highest BCUT2D eigenvalue weighted by molar-refractivity contribution is 5.52. The predicted octanol–water partition coefficient (Wildman–Crippen LogP) is 3.00. The zero-order valence-electron chi connectivity index (χ0n) is 9.92. The normalized spacial score (nSPS) is 10.0. The molecule has 0 heterocycles. The van der Waals surface area contributed by atoms with Crippen LogP contribution >= 0.6 is 0 Å². The van der Waals surface area contributed by atoms with E-state index in [1.165, 1.54) is 30.3 Å². The summed E-state index contributed by atoms with van der Waals surface area (Å²) < 4.78 is 5.26. The van der Waals surface area contributed by atoms with Gasteiger partial charge < -0.3 is 9.84 Å². The Kier molecular flexibility index (Phi) is 3.47. The first-order chi connectivity index (χ1) is 9.47. The minimum atomic E-state index is -0.653. The van der Waals surface area contributed by atoms with Gasteiger partial charge in [0.15, 0.2) is 0 Å². The Hall–Kier alpha value is -3.16. The van der Waals surface area contributed by atoms with Crippen LogP contribution in [0, 0.1) is 20.2 Å². The maximum absolute atomic E-state index is 10.8. The molecule has 0 radical (unpaired) electrons. The molecule has 2 aromatic carbocycles. The number of phenols is 1. The number of aromatic hydroxyl groups is 1. The maximum atomic E-state index is 10.8. The Bertz CT molecular complexity index is 668. The average Bonchev–Trinajstić information content (AvgIpc) is 2.39. The summed E-state index contributed by atoms with van der Waals surface area (Å²) in [6.45, 7) is 0. The quantitative estimate of drug-likeness (QED) is 0.677. The molecule has 0 fully saturated rings. The van der Waals surface area contributed by atoms with Gasteiger partial charge in [0.05, 0.1) is 9.85 Å². The lowest BCUT2D eigenvalue weighted by atomic mass is 10.2. The highest BCUT2D eigenvalue weighted by atomic mass is 16.6. The summed E-state index contributed by atoms with van der Waals surface area (Å²) >= 11 is 0. The largest absolute Gasteiger partial charge is 0.508 e. The Morgan fingerprint density at radius 1 is 0.950 bits per heavy atom. The smallest absolute Gasteiger partial charge is 0.311 e. The lowest BCUT2D eigenvalue weighted by Crippen LogP contribution is -1.93. The van der Waals surface area contributed by atoms with Gasteiger partial charge in [0.25, 0.3) is 5.69 Å². The third-order valence-electron chi connectivity index (χ3n) is 2.42. The van der Waals surface area contributed by atoms with E-state index in [0.29, 0.717) is 0 Å². The van der Waals surface area contributed by atoms with Crippen LogP contribution in [-0.2, 0) is 0 Å². The molecule has 2 aromatic rings. The second-order valence-electron chi connectivity index (χ2n) is 3.76. The molecule has 0 amide bonds. The highest BCUT2D eigenvalue weighted by Gasteiger charge is 2.16. The monoisotopic (exact) mass is 276 g/mol. The highest BCUT2D eigenvalue weighted by Crippen LogP contribution is 2.34. The van der Waals surface area contributed by atoms with Crippen molar-refractivity contribution in [3.05, 3.63) is 62.7 Å². The first-order valence-corrected chi connectivity index (χ1v) is 5.37. The van der Waals surface area contributed by atoms with Crippen LogP contribution in [-0.4, -0.2) is 15.0 Å². The van der Waals surface area contributed by atoms with Crippen molar-refractivity contribution in [1.29, 1.82) is 0 Å². The third-order valence-corrected chi connectivity index (χ3v) is 2.42. The van der Waals surface area contributed by atoms with Crippen molar-refractivity contribution in [3.63, 3.8) is 0 Å². The summed E-state index contributed by atoms with van der Waals surface area (Å²) in [4.78, 5) is 20.1. The Morgan fingerprint density at radius 3 is 2.15 bits per heavy atom. The fourth-order valence-electron chi connectivity index (χ4n) is 1.50. The molecule has 0 saturated carbocycles. The standard InChI is InChI=1S/C12H8N2O6/c15-9-3-6-11(14(18)19)12(7-9)20-10-4-1-8(2-5-10)13(16)17/h1-7,15H. The zero-order valence-corrected chi connectivity index (χ0v) is 9.92. The van der Waals surface area contributed by atoms with E-state index in [2.05, 4.69) is 0 Å². The second kappa shape index (κ2) is 5.22. The van der Waals surface area contributed by atoms with Crippen LogP contribution in [0.5, 0.6) is 17.2 Å². The van der Waals surface area contributed by atoms with Crippen molar-refractivity contribution in [2.75, 3.05) is 0 Å². The fourth-order valence-corrected chi connectivity index (χ4v) is 1.50. The number of ether oxygens (including phenoxy) is 1. The second-order valence-corrected chi connectivity index (χ2v) is 3.76. The number of benzene rings is 2. The van der Waals surface area contributed by atoms with Crippen LogP contribution in [0.4, 0.5) is 11.4 Å². The molecule has 0 aliphatic rings. The number of hydrogen-bond donors (Lipinski definition) is 1. The molecule has 2 rings (SSSR count). The van der Waals surface area contributed by atoms with Crippen molar-refractivity contribution >= 4 is 11.4 Å². The molecular weight excluding hydrogens is 268 g/mol. The van der Waals surface area contributed by atoms with Crippen LogP contribution in [0.1, 0.15) is 0 Å². The molecule has 0 atom stereocenters. The molecule has 0 aliphatic carbocycles. The number of rotatable bonds is 4. The molecule has 1 N–H and O–H groups in total. The number of nitrogens with zero attached hydrogens (tertiary/aromatic N) is 2. The maximum Gasteiger partial charge on any atom is 0.311 e. The van der Waals surface area contributed by atoms with Gasteiger partial charge in [-0.1, -0.05) is 0 Å². The van der Waals surface area contributed by atoms with Gasteiger partial charge in [0.1, 0.15) is 11.5 Å². The summed E-state index contributed by atoms with van der Waals surface area (Å²) in [6.07, 6.45) is 0. The molecule has 0 saturated heterocycles. The molecule has 8 nitrogen and oxygen atoms in total. The van der Waals surface area contributed by atoms with Gasteiger partial charge in [0.2, 0.25) is 5.75 Å². The summed E-state index contributed by atoms with van der Waals surface area (Å²) in [5.41, 5.74) is -0.441. The van der Waals surface area contributed by atoms with Gasteiger partial charge in [-0.3, -0.25) is 20.2 Å². The van der Waals surface area contributed by atoms with E-state index in [-0.39, 0.29) is 28.6 Å². The molecule has 0 spiro atoms. The lowest BCUT2D eigenvalue weighted by molar-refractivity contribution is -0.385. The van der Waals surface area contributed by atoms with Crippen LogP contribution in [0.25, 0.3) is 0 Å². The topological polar surface area (TPSA) is 116 Å². The van der Waals surface area contributed by atoms with Gasteiger partial charge in [-0.2, -0.15) is 0 Å². The van der Waals surface area contributed by atoms with Crippen LogP contribution < -0.4 is 4.74 Å². The SMILES string of the molecule is O=[N+]([O-])c1ccc(Oc2cc(O)ccc2[N+](=O)[O-])cc1. The van der Waals surface area contributed by atoms with Gasteiger partial charge in [-0.25, -0.2) is 0 Å². The van der Waals surface area contributed by atoms with Gasteiger partial charge in [0, 0.05) is 24.3 Å². The summed E-state index contributed by atoms with van der Waals surface area (Å²) in [6, 6.07) is 8.42. The van der Waals surface area contributed by atoms with Gasteiger partial charge in [-0.05, 0) is 18.2 Å². The van der Waals surface area contributed by atoms with E-state index in [1.54, 1.807) is 0 Å². The fraction of sp³-hybridized carbons (Fsp3) is 0. The molecule has 0 aromatic heterocycles. The van der Waals surface area contributed by atoms with Crippen LogP contribution in [0.3, 0.4) is 0 Å². The molecular formula is C12H8N2O6. The minimum Gasteiger partial charge on any atom is -0.508 e. The first-order valence-electron chi connectivity index (χ1n) is 5.37. The predicted molar refractivity (Wildman–Crippen MR) is 67.9 cm³/mol. The Labute approximate surface area is 112 Å². The third kappa shape index (κ3) is 2.80. The van der Waals surface area contributed by atoms with Crippen LogP contribution in [0.2, 0.25) is 0 Å². The van der Waals surface area contributed by atoms with E-state index in [9.17, 15) is 25.3 Å². The van der Waals surface area contributed by atoms with Gasteiger partial charge in [-0.15, -0.1) is 0 Å². The summed E-state index contributed by atoms with van der Waals surface area (Å²) in [5, 5.41) is 30.6. The number of non-ortho nitro benzene ring substituents is 1. The molecule has 0 bridgehead atoms. The molecule has 8 heteroatoms. The van der Waals surface area contributed by atoms with Crippen molar-refractivity contribution in [2.24, 2.45) is 0 Å². The van der Waals surface area contributed by atoms with E-state index >= 15 is 0 Å². The van der Waals surface area contributed by atoms with E-state index in [4.69, 9.17) is 4.74 Å². The van der Waals surface area contributed by atoms with Crippen LogP contribution in [0.15, 0.2) is 42.5 Å². The molecule has 0 unspecified atom stereocenters. The van der Waals surface area contributed by atoms with Gasteiger partial charge >= 0.3 is 5.69 Å². The average molecular weight is 276 g/mol. The lowest BCUT2D eigenvalue weighted by Gasteiger charge is -2.06. The summed E-state index contributed by atoms with van der Waals surface area (Å²) in [5.74, 6) is -0.152. The van der Waals surface area contributed by atoms with Crippen molar-refractivity contribution in [3.8, 4) is 17.2 Å². The van der Waals surface area contributed by atoms with E-state index in [1.807, 2.05) is 0 Å². The zero-order chi connectivity index (χ0) is 14.7. The van der Waals surface area contributed by atoms with E-state index in [0.717, 1.165) is 12.1 Å². The molecule has 102 valence electrons. The number of nitro groups is 2. The minimum absolute atomic E-state index is 0.122. The van der Waals surface area contributed by atoms with Crippen molar-refractivity contribution < 1.29 is 19.7 Å². The molecule has 0 aliphatic heterocycles.